The van der Waals surface area contributed by atoms with Crippen LogP contribution in [0.5, 0.6) is 0 Å². The molecule has 0 radical (unpaired) electrons. The quantitative estimate of drug-likeness (QED) is 0.759. The summed E-state index contributed by atoms with van der Waals surface area (Å²) >= 11 is 0. The van der Waals surface area contributed by atoms with Crippen molar-refractivity contribution in [2.75, 3.05) is 5.32 Å². The third-order valence-electron chi connectivity index (χ3n) is 5.58. The number of nitrogens with zero attached hydrogens (tertiary/aromatic N) is 3. The van der Waals surface area contributed by atoms with Crippen molar-refractivity contribution in [2.45, 2.75) is 52.5 Å². The van der Waals surface area contributed by atoms with E-state index in [9.17, 15) is 9.59 Å². The number of carbonyl (C=O) groups excluding carboxylic acids is 1. The van der Waals surface area contributed by atoms with E-state index in [4.69, 9.17) is 0 Å². The number of hydrogen-bond donors (Lipinski definition) is 1. The van der Waals surface area contributed by atoms with Crippen LogP contribution in [-0.4, -0.2) is 20.4 Å². The fourth-order valence-electron chi connectivity index (χ4n) is 3.83. The molecule has 6 nitrogen and oxygen atoms in total. The zero-order valence-corrected chi connectivity index (χ0v) is 16.5. The van der Waals surface area contributed by atoms with Crippen molar-refractivity contribution in [2.24, 2.45) is 0 Å². The highest BCUT2D eigenvalue weighted by Crippen LogP contribution is 2.23. The van der Waals surface area contributed by atoms with Gasteiger partial charge in [-0.2, -0.15) is 0 Å². The summed E-state index contributed by atoms with van der Waals surface area (Å²) in [5, 5.41) is 3.44. The zero-order chi connectivity index (χ0) is 19.8. The number of aryl methyl sites for hydroxylation is 4. The molecule has 2 heterocycles. The minimum absolute atomic E-state index is 0.227. The molecule has 0 bridgehead atoms. The Morgan fingerprint density at radius 2 is 1.89 bits per heavy atom. The number of nitrogens with one attached hydrogen (secondary N) is 1. The Balaban J connectivity index is 1.69. The molecule has 1 amide bonds. The number of amides is 1. The lowest BCUT2D eigenvalue weighted by atomic mass is 9.95. The lowest BCUT2D eigenvalue weighted by Gasteiger charge is -2.18. The van der Waals surface area contributed by atoms with Gasteiger partial charge in [-0.3, -0.25) is 14.2 Å². The van der Waals surface area contributed by atoms with Crippen molar-refractivity contribution in [1.82, 2.24) is 14.5 Å². The van der Waals surface area contributed by atoms with E-state index in [0.717, 1.165) is 53.8 Å². The average Bonchev–Trinajstić information content (AvgIpc) is 2.69. The van der Waals surface area contributed by atoms with Crippen molar-refractivity contribution in [3.63, 3.8) is 0 Å². The SMILES string of the molecule is Cc1cccc(C)c1NC(=O)[C@H](C)n1cnc2nc3c(cc2c1=O)CCCC3. The molecule has 0 aliphatic heterocycles. The number of anilines is 1. The van der Waals surface area contributed by atoms with E-state index in [2.05, 4.69) is 15.3 Å². The molecule has 2 aromatic heterocycles. The predicted octanol–water partition coefficient (Wildman–Crippen LogP) is 3.49. The molecule has 144 valence electrons. The number of hydrogen-bond acceptors (Lipinski definition) is 4. The Morgan fingerprint density at radius 3 is 2.64 bits per heavy atom. The molecular weight excluding hydrogens is 352 g/mol. The van der Waals surface area contributed by atoms with Crippen LogP contribution < -0.4 is 10.9 Å². The van der Waals surface area contributed by atoms with Gasteiger partial charge in [-0.25, -0.2) is 9.97 Å². The molecule has 1 aliphatic rings. The molecular formula is C22H24N4O2. The maximum absolute atomic E-state index is 13.0. The second kappa shape index (κ2) is 7.19. The normalized spacial score (nSPS) is 14.5. The molecule has 1 N–H and O–H groups in total. The molecule has 6 heteroatoms. The van der Waals surface area contributed by atoms with Gasteiger partial charge in [-0.15, -0.1) is 0 Å². The number of aromatic nitrogens is 3. The van der Waals surface area contributed by atoms with E-state index in [1.165, 1.54) is 10.9 Å². The first-order chi connectivity index (χ1) is 13.5. The Bertz CT molecular complexity index is 1110. The van der Waals surface area contributed by atoms with Crippen LogP contribution in [0.15, 0.2) is 35.4 Å². The fourth-order valence-corrected chi connectivity index (χ4v) is 3.83. The molecule has 1 aromatic carbocycles. The van der Waals surface area contributed by atoms with Crippen LogP contribution in [0.2, 0.25) is 0 Å². The minimum Gasteiger partial charge on any atom is -0.324 e. The van der Waals surface area contributed by atoms with Crippen LogP contribution in [0, 0.1) is 13.8 Å². The molecule has 0 saturated carbocycles. The summed E-state index contributed by atoms with van der Waals surface area (Å²) in [4.78, 5) is 34.8. The lowest BCUT2D eigenvalue weighted by Crippen LogP contribution is -2.32. The Hall–Kier alpha value is -3.02. The maximum atomic E-state index is 13.0. The standard InChI is InChI=1S/C22H24N4O2/c1-13-7-6-8-14(2)19(13)25-21(27)15(3)26-12-23-20-17(22(26)28)11-16-9-4-5-10-18(16)24-20/h6-8,11-12,15H,4-5,9-10H2,1-3H3,(H,25,27)/t15-/m0/s1. The van der Waals surface area contributed by atoms with Crippen molar-refractivity contribution in [1.29, 1.82) is 0 Å². The third kappa shape index (κ3) is 3.19. The summed E-state index contributed by atoms with van der Waals surface area (Å²) in [7, 11) is 0. The van der Waals surface area contributed by atoms with Crippen LogP contribution in [0.25, 0.3) is 11.0 Å². The Morgan fingerprint density at radius 1 is 1.18 bits per heavy atom. The van der Waals surface area contributed by atoms with Gasteiger partial charge in [0.25, 0.3) is 5.56 Å². The minimum atomic E-state index is -0.681. The van der Waals surface area contributed by atoms with Gasteiger partial charge in [0.1, 0.15) is 12.4 Å². The highest BCUT2D eigenvalue weighted by Gasteiger charge is 2.21. The average molecular weight is 376 g/mol. The lowest BCUT2D eigenvalue weighted by molar-refractivity contribution is -0.118. The van der Waals surface area contributed by atoms with Gasteiger partial charge in [-0.1, -0.05) is 18.2 Å². The molecule has 1 aliphatic carbocycles. The van der Waals surface area contributed by atoms with E-state index >= 15 is 0 Å². The van der Waals surface area contributed by atoms with Crippen molar-refractivity contribution < 1.29 is 4.79 Å². The van der Waals surface area contributed by atoms with E-state index in [0.29, 0.717) is 11.0 Å². The molecule has 4 rings (SSSR count). The summed E-state index contributed by atoms with van der Waals surface area (Å²) in [6, 6.07) is 7.09. The Kier molecular flexibility index (Phi) is 4.71. The number of carbonyl (C=O) groups is 1. The molecule has 0 unspecified atom stereocenters. The van der Waals surface area contributed by atoms with Gasteiger partial charge < -0.3 is 5.32 Å². The van der Waals surface area contributed by atoms with E-state index in [-0.39, 0.29) is 11.5 Å². The van der Waals surface area contributed by atoms with E-state index < -0.39 is 6.04 Å². The fraction of sp³-hybridized carbons (Fsp3) is 0.364. The maximum Gasteiger partial charge on any atom is 0.263 e. The zero-order valence-electron chi connectivity index (χ0n) is 16.5. The predicted molar refractivity (Wildman–Crippen MR) is 110 cm³/mol. The van der Waals surface area contributed by atoms with Gasteiger partial charge in [0.2, 0.25) is 5.91 Å². The van der Waals surface area contributed by atoms with Gasteiger partial charge >= 0.3 is 0 Å². The van der Waals surface area contributed by atoms with Crippen LogP contribution in [0.3, 0.4) is 0 Å². The summed E-state index contributed by atoms with van der Waals surface area (Å²) < 4.78 is 1.39. The summed E-state index contributed by atoms with van der Waals surface area (Å²) in [5.74, 6) is -0.244. The second-order valence-electron chi connectivity index (χ2n) is 7.56. The molecule has 0 spiro atoms. The summed E-state index contributed by atoms with van der Waals surface area (Å²) in [6.07, 6.45) is 5.54. The van der Waals surface area contributed by atoms with Crippen LogP contribution in [0.1, 0.15) is 48.2 Å². The molecule has 3 aromatic rings. The van der Waals surface area contributed by atoms with Crippen LogP contribution >= 0.6 is 0 Å². The first-order valence-electron chi connectivity index (χ1n) is 9.72. The molecule has 0 fully saturated rings. The Labute approximate surface area is 163 Å². The first-order valence-corrected chi connectivity index (χ1v) is 9.72. The van der Waals surface area contributed by atoms with Crippen molar-refractivity contribution in [3.8, 4) is 0 Å². The van der Waals surface area contributed by atoms with E-state index in [1.54, 1.807) is 6.92 Å². The van der Waals surface area contributed by atoms with Crippen LogP contribution in [-0.2, 0) is 17.6 Å². The largest absolute Gasteiger partial charge is 0.324 e. The van der Waals surface area contributed by atoms with Crippen molar-refractivity contribution in [3.05, 3.63) is 63.3 Å². The van der Waals surface area contributed by atoms with Gasteiger partial charge in [-0.05, 0) is 69.2 Å². The molecule has 0 saturated heterocycles. The topological polar surface area (TPSA) is 76.9 Å². The monoisotopic (exact) mass is 376 g/mol. The number of fused-ring (bicyclic) bond motifs is 2. The van der Waals surface area contributed by atoms with Crippen molar-refractivity contribution >= 4 is 22.6 Å². The second-order valence-corrected chi connectivity index (χ2v) is 7.56. The number of para-hydroxylation sites is 1. The first kappa shape index (κ1) is 18.3. The van der Waals surface area contributed by atoms with Gasteiger partial charge in [0.05, 0.1) is 5.39 Å². The highest BCUT2D eigenvalue weighted by atomic mass is 16.2. The van der Waals surface area contributed by atoms with E-state index in [1.807, 2.05) is 38.1 Å². The number of rotatable bonds is 3. The van der Waals surface area contributed by atoms with Gasteiger partial charge in [0.15, 0.2) is 5.65 Å². The highest BCUT2D eigenvalue weighted by molar-refractivity contribution is 5.95. The molecule has 1 atom stereocenters. The van der Waals surface area contributed by atoms with Crippen LogP contribution in [0.4, 0.5) is 5.69 Å². The van der Waals surface area contributed by atoms with Gasteiger partial charge in [0, 0.05) is 11.4 Å². The molecule has 28 heavy (non-hydrogen) atoms. The number of pyridine rings is 1. The third-order valence-corrected chi connectivity index (χ3v) is 5.58. The summed E-state index contributed by atoms with van der Waals surface area (Å²) in [5.41, 5.74) is 5.17. The summed E-state index contributed by atoms with van der Waals surface area (Å²) in [6.45, 7) is 5.61. The smallest absolute Gasteiger partial charge is 0.263 e. The number of benzene rings is 1.